The maximum Gasteiger partial charge on any atom is 0.180 e. The van der Waals surface area contributed by atoms with Crippen molar-refractivity contribution in [3.05, 3.63) is 12.0 Å². The van der Waals surface area contributed by atoms with E-state index in [1.54, 1.807) is 13.1 Å². The van der Waals surface area contributed by atoms with E-state index in [4.69, 9.17) is 0 Å². The smallest absolute Gasteiger partial charge is 0.180 e. The van der Waals surface area contributed by atoms with Crippen LogP contribution in [0.2, 0.25) is 0 Å². The molecule has 0 saturated heterocycles. The first-order chi connectivity index (χ1) is 5.27. The lowest BCUT2D eigenvalue weighted by molar-refractivity contribution is 1.05. The Kier molecular flexibility index (Phi) is 2.06. The highest BCUT2D eigenvalue weighted by Gasteiger charge is 1.99. The van der Waals surface area contributed by atoms with Gasteiger partial charge < -0.3 is 0 Å². The minimum atomic E-state index is 0.479. The largest absolute Gasteiger partial charge is 0.259 e. The molecular weight excluding hydrogens is 140 g/mol. The highest BCUT2D eigenvalue weighted by atomic mass is 15.0. The zero-order valence-corrected chi connectivity index (χ0v) is 6.28. The van der Waals surface area contributed by atoms with Crippen molar-refractivity contribution in [2.24, 2.45) is 9.98 Å². The second-order valence-corrected chi connectivity index (χ2v) is 1.94. The lowest BCUT2D eigenvalue weighted by atomic mass is 10.5. The zero-order valence-electron chi connectivity index (χ0n) is 6.28. The van der Waals surface area contributed by atoms with Gasteiger partial charge in [-0.05, 0) is 20.4 Å². The molecule has 1 aromatic heterocycles. The summed E-state index contributed by atoms with van der Waals surface area (Å²) in [6.07, 6.45) is 1.57. The van der Waals surface area contributed by atoms with Gasteiger partial charge in [-0.25, -0.2) is 15.0 Å². The Labute approximate surface area is 64.8 Å². The van der Waals surface area contributed by atoms with E-state index < -0.39 is 0 Å². The number of aliphatic imine (C=N–C) groups is 2. The molecule has 0 fully saturated rings. The van der Waals surface area contributed by atoms with Crippen LogP contribution in [0.3, 0.4) is 0 Å². The minimum absolute atomic E-state index is 0.479. The number of nitrogens with zero attached hydrogens (tertiary/aromatic N) is 4. The lowest BCUT2D eigenvalue weighted by Gasteiger charge is -1.97. The van der Waals surface area contributed by atoms with Gasteiger partial charge in [-0.15, -0.1) is 0 Å². The molecule has 0 saturated carbocycles. The first-order valence-electron chi connectivity index (χ1n) is 3.05. The van der Waals surface area contributed by atoms with Crippen molar-refractivity contribution < 1.29 is 0 Å². The molecule has 0 aliphatic carbocycles. The van der Waals surface area contributed by atoms with Crippen LogP contribution in [0.25, 0.3) is 0 Å². The van der Waals surface area contributed by atoms with Gasteiger partial charge in [0.2, 0.25) is 0 Å². The van der Waals surface area contributed by atoms with E-state index in [0.29, 0.717) is 17.3 Å². The van der Waals surface area contributed by atoms with Crippen LogP contribution >= 0.6 is 0 Å². The average Bonchev–Trinajstić information content (AvgIpc) is 2.04. The van der Waals surface area contributed by atoms with Crippen molar-refractivity contribution in [2.45, 2.75) is 6.92 Å². The van der Waals surface area contributed by atoms with Crippen molar-refractivity contribution in [3.63, 3.8) is 0 Å². The van der Waals surface area contributed by atoms with E-state index >= 15 is 0 Å². The Balaban J connectivity index is 3.26. The van der Waals surface area contributed by atoms with Gasteiger partial charge in [-0.1, -0.05) is 0 Å². The fraction of sp³-hybridized carbons (Fsp3) is 0.143. The summed E-state index contributed by atoms with van der Waals surface area (Å²) in [6.45, 7) is 8.48. The number of rotatable bonds is 2. The van der Waals surface area contributed by atoms with Crippen molar-refractivity contribution in [2.75, 3.05) is 0 Å². The summed E-state index contributed by atoms with van der Waals surface area (Å²) in [5.41, 5.74) is 0.561. The van der Waals surface area contributed by atoms with Crippen LogP contribution in [0.15, 0.2) is 16.2 Å². The van der Waals surface area contributed by atoms with Gasteiger partial charge in [0.05, 0.1) is 6.20 Å². The summed E-state index contributed by atoms with van der Waals surface area (Å²) in [6, 6.07) is 0. The van der Waals surface area contributed by atoms with Crippen LogP contribution in [-0.2, 0) is 0 Å². The fourth-order valence-electron chi connectivity index (χ4n) is 0.680. The lowest BCUT2D eigenvalue weighted by Crippen LogP contribution is -1.85. The maximum atomic E-state index is 3.99. The van der Waals surface area contributed by atoms with E-state index in [9.17, 15) is 0 Å². The Morgan fingerprint density at radius 1 is 1.36 bits per heavy atom. The molecule has 0 N–H and O–H groups in total. The van der Waals surface area contributed by atoms with Crippen molar-refractivity contribution in [1.82, 2.24) is 9.97 Å². The van der Waals surface area contributed by atoms with Crippen molar-refractivity contribution in [1.29, 1.82) is 0 Å². The van der Waals surface area contributed by atoms with Crippen LogP contribution < -0.4 is 0 Å². The van der Waals surface area contributed by atoms with Gasteiger partial charge in [0.1, 0.15) is 11.5 Å². The van der Waals surface area contributed by atoms with Crippen molar-refractivity contribution >= 4 is 24.9 Å². The Morgan fingerprint density at radius 3 is 2.64 bits per heavy atom. The summed E-state index contributed by atoms with van der Waals surface area (Å²) >= 11 is 0. The normalized spacial score (nSPS) is 9.18. The van der Waals surface area contributed by atoms with E-state index in [-0.39, 0.29) is 0 Å². The Hall–Kier alpha value is -1.58. The zero-order chi connectivity index (χ0) is 8.27. The van der Waals surface area contributed by atoms with E-state index in [1.165, 1.54) is 0 Å². The van der Waals surface area contributed by atoms with Crippen LogP contribution in [0.4, 0.5) is 11.5 Å². The average molecular weight is 148 g/mol. The van der Waals surface area contributed by atoms with Crippen LogP contribution in [0.5, 0.6) is 0 Å². The summed E-state index contributed by atoms with van der Waals surface area (Å²) in [5.74, 6) is 1.13. The molecule has 0 unspecified atom stereocenters. The predicted molar refractivity (Wildman–Crippen MR) is 45.2 cm³/mol. The topological polar surface area (TPSA) is 50.5 Å². The number of hydrogen-bond acceptors (Lipinski definition) is 4. The monoisotopic (exact) mass is 148 g/mol. The molecule has 1 heterocycles. The molecule has 0 aliphatic heterocycles. The number of hydrogen-bond donors (Lipinski definition) is 0. The second-order valence-electron chi connectivity index (χ2n) is 1.94. The van der Waals surface area contributed by atoms with Gasteiger partial charge in [0.15, 0.2) is 5.82 Å². The van der Waals surface area contributed by atoms with E-state index in [1.807, 2.05) is 0 Å². The third kappa shape index (κ3) is 1.46. The van der Waals surface area contributed by atoms with Crippen LogP contribution in [0, 0.1) is 6.92 Å². The van der Waals surface area contributed by atoms with E-state index in [2.05, 4.69) is 33.4 Å². The van der Waals surface area contributed by atoms with Crippen LogP contribution in [-0.4, -0.2) is 23.4 Å². The summed E-state index contributed by atoms with van der Waals surface area (Å²) < 4.78 is 0. The molecule has 0 spiro atoms. The van der Waals surface area contributed by atoms with Crippen molar-refractivity contribution in [3.8, 4) is 0 Å². The SMILES string of the molecule is C=Nc1cnc(C)nc1N=C. The van der Waals surface area contributed by atoms with Crippen LogP contribution in [0.1, 0.15) is 5.82 Å². The number of aromatic nitrogens is 2. The van der Waals surface area contributed by atoms with Gasteiger partial charge in [0.25, 0.3) is 0 Å². The molecule has 1 rings (SSSR count). The molecule has 0 amide bonds. The molecule has 0 radical (unpaired) electrons. The molecule has 11 heavy (non-hydrogen) atoms. The molecule has 56 valence electrons. The van der Waals surface area contributed by atoms with E-state index in [0.717, 1.165) is 0 Å². The quantitative estimate of drug-likeness (QED) is 0.596. The van der Waals surface area contributed by atoms with Gasteiger partial charge in [0, 0.05) is 0 Å². The van der Waals surface area contributed by atoms with Gasteiger partial charge in [-0.2, -0.15) is 0 Å². The third-order valence-corrected chi connectivity index (χ3v) is 1.19. The Bertz CT molecular complexity index is 292. The molecule has 0 bridgehead atoms. The molecule has 4 nitrogen and oxygen atoms in total. The first kappa shape index (κ1) is 7.53. The molecule has 0 aliphatic rings. The summed E-state index contributed by atoms with van der Waals surface area (Å²) in [4.78, 5) is 15.3. The molecule has 0 atom stereocenters. The minimum Gasteiger partial charge on any atom is -0.259 e. The van der Waals surface area contributed by atoms with Gasteiger partial charge in [-0.3, -0.25) is 4.99 Å². The predicted octanol–water partition coefficient (Wildman–Crippen LogP) is 1.45. The molecule has 1 aromatic rings. The fourth-order valence-corrected chi connectivity index (χ4v) is 0.680. The maximum absolute atomic E-state index is 3.99. The summed E-state index contributed by atoms with van der Waals surface area (Å²) in [5, 5.41) is 0. The standard InChI is InChI=1S/C7H8N4/c1-5-10-4-6(8-2)7(9-3)11-5/h4H,2-3H2,1H3. The highest BCUT2D eigenvalue weighted by Crippen LogP contribution is 2.22. The number of aryl methyl sites for hydroxylation is 1. The second kappa shape index (κ2) is 3.01. The van der Waals surface area contributed by atoms with Gasteiger partial charge >= 0.3 is 0 Å². The summed E-state index contributed by atoms with van der Waals surface area (Å²) in [7, 11) is 0. The molecule has 0 aromatic carbocycles. The highest BCUT2D eigenvalue weighted by molar-refractivity contribution is 5.61. The third-order valence-electron chi connectivity index (χ3n) is 1.19. The molecular formula is C7H8N4. The first-order valence-corrected chi connectivity index (χ1v) is 3.05. The molecule has 4 heteroatoms. The Morgan fingerprint density at radius 2 is 2.09 bits per heavy atom.